The number of benzene rings is 2. The summed E-state index contributed by atoms with van der Waals surface area (Å²) in [6.07, 6.45) is 0. The zero-order valence-electron chi connectivity index (χ0n) is 18.5. The molecule has 0 unspecified atom stereocenters. The molecule has 8 nitrogen and oxygen atoms in total. The fraction of sp³-hybridized carbons (Fsp3) is 0.292. The van der Waals surface area contributed by atoms with E-state index in [4.69, 9.17) is 9.47 Å². The van der Waals surface area contributed by atoms with E-state index < -0.39 is 17.3 Å². The van der Waals surface area contributed by atoms with Gasteiger partial charge in [-0.25, -0.2) is 9.18 Å². The number of esters is 1. The van der Waals surface area contributed by atoms with Crippen LogP contribution in [0, 0.1) is 5.82 Å². The zero-order chi connectivity index (χ0) is 23.4. The van der Waals surface area contributed by atoms with Crippen LogP contribution in [-0.4, -0.2) is 55.6 Å². The van der Waals surface area contributed by atoms with Gasteiger partial charge in [-0.2, -0.15) is 9.78 Å². The average molecular weight is 452 g/mol. The minimum Gasteiger partial charge on any atom is -0.495 e. The van der Waals surface area contributed by atoms with Crippen LogP contribution in [0.2, 0.25) is 0 Å². The molecular formula is C24H25FN4O4. The molecule has 0 atom stereocenters. The third kappa shape index (κ3) is 4.67. The molecule has 1 fully saturated rings. The molecule has 0 aliphatic carbocycles. The minimum absolute atomic E-state index is 0.0477. The van der Waals surface area contributed by atoms with Crippen molar-refractivity contribution in [2.75, 3.05) is 49.7 Å². The Morgan fingerprint density at radius 3 is 2.27 bits per heavy atom. The molecule has 0 bridgehead atoms. The van der Waals surface area contributed by atoms with E-state index in [0.29, 0.717) is 37.6 Å². The van der Waals surface area contributed by atoms with Crippen molar-refractivity contribution in [3.05, 3.63) is 76.5 Å². The number of piperazine rings is 1. The number of hydrogen-bond acceptors (Lipinski definition) is 7. The second kappa shape index (κ2) is 9.72. The van der Waals surface area contributed by atoms with Crippen LogP contribution in [0.3, 0.4) is 0 Å². The van der Waals surface area contributed by atoms with E-state index in [1.807, 2.05) is 29.2 Å². The second-order valence-corrected chi connectivity index (χ2v) is 7.47. The Hall–Kier alpha value is -3.88. The number of ether oxygens (including phenoxy) is 2. The lowest BCUT2D eigenvalue weighted by molar-refractivity contribution is 0.0518. The van der Waals surface area contributed by atoms with Gasteiger partial charge in [0.1, 0.15) is 11.6 Å². The highest BCUT2D eigenvalue weighted by molar-refractivity contribution is 5.93. The highest BCUT2D eigenvalue weighted by Gasteiger charge is 2.26. The number of aromatic nitrogens is 2. The summed E-state index contributed by atoms with van der Waals surface area (Å²) in [6, 6.07) is 14.5. The first-order chi connectivity index (χ1) is 16.0. The molecule has 0 saturated carbocycles. The first kappa shape index (κ1) is 22.3. The van der Waals surface area contributed by atoms with Crippen LogP contribution in [0.1, 0.15) is 17.4 Å². The number of anilines is 2. The van der Waals surface area contributed by atoms with Gasteiger partial charge < -0.3 is 19.3 Å². The van der Waals surface area contributed by atoms with Crippen LogP contribution in [-0.2, 0) is 4.74 Å². The molecular weight excluding hydrogens is 427 g/mol. The summed E-state index contributed by atoms with van der Waals surface area (Å²) >= 11 is 0. The molecule has 2 heterocycles. The van der Waals surface area contributed by atoms with Crippen molar-refractivity contribution in [3.8, 4) is 11.4 Å². The second-order valence-electron chi connectivity index (χ2n) is 7.47. The number of hydrogen-bond donors (Lipinski definition) is 0. The largest absolute Gasteiger partial charge is 0.495 e. The maximum absolute atomic E-state index is 13.3. The Kier molecular flexibility index (Phi) is 6.58. The molecule has 9 heteroatoms. The topological polar surface area (TPSA) is 76.9 Å². The lowest BCUT2D eigenvalue weighted by atomic mass is 10.2. The Balaban J connectivity index is 1.64. The Labute approximate surface area is 190 Å². The fourth-order valence-electron chi connectivity index (χ4n) is 3.88. The van der Waals surface area contributed by atoms with Gasteiger partial charge in [0.2, 0.25) is 0 Å². The Morgan fingerprint density at radius 1 is 1.00 bits per heavy atom. The number of halogens is 1. The summed E-state index contributed by atoms with van der Waals surface area (Å²) in [7, 11) is 1.64. The normalized spacial score (nSPS) is 13.7. The number of para-hydroxylation sites is 2. The summed E-state index contributed by atoms with van der Waals surface area (Å²) < 4.78 is 25.1. The van der Waals surface area contributed by atoms with E-state index in [-0.39, 0.29) is 12.3 Å². The lowest BCUT2D eigenvalue weighted by Crippen LogP contribution is -2.47. The van der Waals surface area contributed by atoms with Crippen molar-refractivity contribution in [3.63, 3.8) is 0 Å². The highest BCUT2D eigenvalue weighted by Crippen LogP contribution is 2.29. The minimum atomic E-state index is -0.615. The van der Waals surface area contributed by atoms with Crippen molar-refractivity contribution >= 4 is 17.3 Å². The molecule has 1 saturated heterocycles. The molecule has 0 amide bonds. The van der Waals surface area contributed by atoms with E-state index in [1.54, 1.807) is 14.0 Å². The van der Waals surface area contributed by atoms with Gasteiger partial charge in [-0.05, 0) is 43.3 Å². The summed E-state index contributed by atoms with van der Waals surface area (Å²) in [6.45, 7) is 4.38. The summed E-state index contributed by atoms with van der Waals surface area (Å²) in [5.41, 5.74) is 1.41. The molecule has 0 N–H and O–H groups in total. The predicted octanol–water partition coefficient (Wildman–Crippen LogP) is 2.88. The zero-order valence-corrected chi connectivity index (χ0v) is 18.5. The van der Waals surface area contributed by atoms with Crippen molar-refractivity contribution in [1.29, 1.82) is 0 Å². The predicted molar refractivity (Wildman–Crippen MR) is 123 cm³/mol. The Bertz CT molecular complexity index is 1190. The molecule has 172 valence electrons. The maximum atomic E-state index is 13.3. The number of carbonyl (C=O) groups is 1. The van der Waals surface area contributed by atoms with Crippen LogP contribution in [0.25, 0.3) is 5.69 Å². The van der Waals surface area contributed by atoms with Crippen molar-refractivity contribution in [2.24, 2.45) is 0 Å². The average Bonchev–Trinajstić information content (AvgIpc) is 2.84. The first-order valence-electron chi connectivity index (χ1n) is 10.7. The smallest absolute Gasteiger partial charge is 0.360 e. The van der Waals surface area contributed by atoms with Crippen molar-refractivity contribution in [1.82, 2.24) is 9.78 Å². The SMILES string of the molecule is CCOC(=O)c1nn(-c2ccc(F)cc2)c(=O)cc1N1CCN(c2ccccc2OC)CC1. The molecule has 1 aromatic heterocycles. The van der Waals surface area contributed by atoms with Gasteiger partial charge in [0.05, 0.1) is 30.8 Å². The first-order valence-corrected chi connectivity index (χ1v) is 10.7. The number of rotatable bonds is 6. The molecule has 0 radical (unpaired) electrons. The molecule has 3 aromatic rings. The molecule has 1 aliphatic rings. The van der Waals surface area contributed by atoms with Gasteiger partial charge in [-0.3, -0.25) is 4.79 Å². The van der Waals surface area contributed by atoms with Gasteiger partial charge in [0.15, 0.2) is 5.69 Å². The van der Waals surface area contributed by atoms with Gasteiger partial charge in [-0.15, -0.1) is 0 Å². The van der Waals surface area contributed by atoms with Gasteiger partial charge in [0.25, 0.3) is 5.56 Å². The molecule has 1 aliphatic heterocycles. The van der Waals surface area contributed by atoms with Gasteiger partial charge >= 0.3 is 5.97 Å². The molecule has 2 aromatic carbocycles. The molecule has 0 spiro atoms. The van der Waals surface area contributed by atoms with Crippen LogP contribution in [0.15, 0.2) is 59.4 Å². The monoisotopic (exact) mass is 452 g/mol. The van der Waals surface area contributed by atoms with Crippen LogP contribution >= 0.6 is 0 Å². The summed E-state index contributed by atoms with van der Waals surface area (Å²) in [4.78, 5) is 29.7. The van der Waals surface area contributed by atoms with Crippen LogP contribution in [0.5, 0.6) is 5.75 Å². The van der Waals surface area contributed by atoms with Gasteiger partial charge in [0, 0.05) is 32.2 Å². The van der Waals surface area contributed by atoms with E-state index in [2.05, 4.69) is 10.00 Å². The van der Waals surface area contributed by atoms with E-state index in [1.165, 1.54) is 30.3 Å². The highest BCUT2D eigenvalue weighted by atomic mass is 19.1. The van der Waals surface area contributed by atoms with Crippen LogP contribution < -0.4 is 20.1 Å². The third-order valence-electron chi connectivity index (χ3n) is 5.50. The number of nitrogens with zero attached hydrogens (tertiary/aromatic N) is 4. The summed E-state index contributed by atoms with van der Waals surface area (Å²) in [5.74, 6) is -0.251. The van der Waals surface area contributed by atoms with E-state index in [9.17, 15) is 14.0 Å². The molecule has 4 rings (SSSR count). The standard InChI is InChI=1S/C24H25FN4O4/c1-3-33-24(31)23-20(16-22(30)29(26-23)18-10-8-17(25)9-11-18)28-14-12-27(13-15-28)19-6-4-5-7-21(19)32-2/h4-11,16H,3,12-15H2,1-2H3. The third-order valence-corrected chi connectivity index (χ3v) is 5.50. The lowest BCUT2D eigenvalue weighted by Gasteiger charge is -2.38. The van der Waals surface area contributed by atoms with Gasteiger partial charge in [-0.1, -0.05) is 12.1 Å². The number of carbonyl (C=O) groups excluding carboxylic acids is 1. The summed E-state index contributed by atoms with van der Waals surface area (Å²) in [5, 5.41) is 4.30. The van der Waals surface area contributed by atoms with E-state index in [0.717, 1.165) is 16.1 Å². The van der Waals surface area contributed by atoms with Crippen molar-refractivity contribution < 1.29 is 18.7 Å². The number of methoxy groups -OCH3 is 1. The molecule has 33 heavy (non-hydrogen) atoms. The quantitative estimate of drug-likeness (QED) is 0.533. The Morgan fingerprint density at radius 2 is 1.64 bits per heavy atom. The van der Waals surface area contributed by atoms with Crippen LogP contribution in [0.4, 0.5) is 15.8 Å². The maximum Gasteiger partial charge on any atom is 0.360 e. The fourth-order valence-corrected chi connectivity index (χ4v) is 3.88. The van der Waals surface area contributed by atoms with E-state index >= 15 is 0 Å². The van der Waals surface area contributed by atoms with Crippen molar-refractivity contribution in [2.45, 2.75) is 6.92 Å².